The zero-order chi connectivity index (χ0) is 14.7. The monoisotopic (exact) mass is 284 g/mol. The van der Waals surface area contributed by atoms with Crippen LogP contribution < -0.4 is 5.32 Å². The molecule has 1 aliphatic heterocycles. The zero-order valence-electron chi connectivity index (χ0n) is 12.2. The molecular weight excluding hydrogens is 264 g/mol. The summed E-state index contributed by atoms with van der Waals surface area (Å²) in [6.07, 6.45) is 4.09. The second-order valence-electron chi connectivity index (χ2n) is 5.33. The van der Waals surface area contributed by atoms with Gasteiger partial charge in [-0.25, -0.2) is 0 Å². The smallest absolute Gasteiger partial charge is 0.257 e. The first kappa shape index (κ1) is 13.9. The van der Waals surface area contributed by atoms with E-state index in [2.05, 4.69) is 36.5 Å². The molecule has 4 heteroatoms. The van der Waals surface area contributed by atoms with E-state index in [-0.39, 0.29) is 11.9 Å². The number of carbonyl (C=O) groups is 1. The van der Waals surface area contributed by atoms with Crippen LogP contribution in [-0.4, -0.2) is 30.4 Å². The molecule has 110 valence electrons. The fourth-order valence-corrected chi connectivity index (χ4v) is 2.77. The highest BCUT2D eigenvalue weighted by Crippen LogP contribution is 2.24. The lowest BCUT2D eigenvalue weighted by Crippen LogP contribution is -2.48. The van der Waals surface area contributed by atoms with Crippen LogP contribution in [0.4, 0.5) is 0 Å². The molecule has 1 aromatic carbocycles. The second-order valence-corrected chi connectivity index (χ2v) is 5.33. The van der Waals surface area contributed by atoms with Crippen molar-refractivity contribution in [1.82, 2.24) is 10.2 Å². The van der Waals surface area contributed by atoms with Gasteiger partial charge in [0, 0.05) is 19.6 Å². The third-order valence-corrected chi connectivity index (χ3v) is 4.05. The van der Waals surface area contributed by atoms with Crippen LogP contribution in [0.2, 0.25) is 0 Å². The molecule has 1 unspecified atom stereocenters. The van der Waals surface area contributed by atoms with Crippen LogP contribution in [0.5, 0.6) is 0 Å². The number of nitrogens with one attached hydrogen (secondary N) is 1. The number of benzene rings is 1. The molecule has 1 aromatic heterocycles. The van der Waals surface area contributed by atoms with Crippen molar-refractivity contribution in [3.8, 4) is 0 Å². The molecule has 3 rings (SSSR count). The van der Waals surface area contributed by atoms with Crippen molar-refractivity contribution in [3.63, 3.8) is 0 Å². The Kier molecular flexibility index (Phi) is 4.06. The molecule has 0 bridgehead atoms. The quantitative estimate of drug-likeness (QED) is 0.942. The van der Waals surface area contributed by atoms with E-state index in [0.717, 1.165) is 19.5 Å². The first-order valence-electron chi connectivity index (χ1n) is 7.42. The lowest BCUT2D eigenvalue weighted by Gasteiger charge is -2.36. The summed E-state index contributed by atoms with van der Waals surface area (Å²) in [5.74, 6) is 0.0369. The summed E-state index contributed by atoms with van der Waals surface area (Å²) >= 11 is 0. The Hall–Kier alpha value is -2.07. The highest BCUT2D eigenvalue weighted by Gasteiger charge is 2.28. The van der Waals surface area contributed by atoms with E-state index in [0.29, 0.717) is 12.1 Å². The van der Waals surface area contributed by atoms with Gasteiger partial charge in [0.05, 0.1) is 17.9 Å². The van der Waals surface area contributed by atoms with Crippen molar-refractivity contribution in [2.75, 3.05) is 19.6 Å². The number of furan rings is 1. The van der Waals surface area contributed by atoms with Crippen molar-refractivity contribution in [1.29, 1.82) is 0 Å². The van der Waals surface area contributed by atoms with Crippen LogP contribution in [0.25, 0.3) is 0 Å². The SMILES string of the molecule is CCc1ccc(C2CNCCN2C(=O)c2ccoc2)cc1. The Labute approximate surface area is 124 Å². The van der Waals surface area contributed by atoms with Crippen molar-refractivity contribution in [2.45, 2.75) is 19.4 Å². The zero-order valence-corrected chi connectivity index (χ0v) is 12.2. The van der Waals surface area contributed by atoms with Crippen molar-refractivity contribution in [3.05, 3.63) is 59.5 Å². The number of amides is 1. The number of piperazine rings is 1. The molecule has 0 aliphatic carbocycles. The molecule has 1 atom stereocenters. The van der Waals surface area contributed by atoms with E-state index < -0.39 is 0 Å². The van der Waals surface area contributed by atoms with Crippen LogP contribution in [0.15, 0.2) is 47.3 Å². The Balaban J connectivity index is 1.85. The average Bonchev–Trinajstić information content (AvgIpc) is 3.09. The third kappa shape index (κ3) is 2.85. The van der Waals surface area contributed by atoms with Gasteiger partial charge in [-0.15, -0.1) is 0 Å². The topological polar surface area (TPSA) is 45.5 Å². The highest BCUT2D eigenvalue weighted by atomic mass is 16.3. The molecule has 0 radical (unpaired) electrons. The Bertz CT molecular complexity index is 590. The third-order valence-electron chi connectivity index (χ3n) is 4.05. The lowest BCUT2D eigenvalue weighted by atomic mass is 10.0. The number of hydrogen-bond donors (Lipinski definition) is 1. The first-order chi connectivity index (χ1) is 10.3. The number of rotatable bonds is 3. The van der Waals surface area contributed by atoms with E-state index in [1.165, 1.54) is 17.4 Å². The van der Waals surface area contributed by atoms with E-state index in [9.17, 15) is 4.79 Å². The van der Waals surface area contributed by atoms with Gasteiger partial charge in [-0.1, -0.05) is 31.2 Å². The molecule has 0 spiro atoms. The summed E-state index contributed by atoms with van der Waals surface area (Å²) in [4.78, 5) is 14.5. The van der Waals surface area contributed by atoms with Gasteiger partial charge in [0.15, 0.2) is 0 Å². The van der Waals surface area contributed by atoms with Gasteiger partial charge < -0.3 is 14.6 Å². The molecule has 1 fully saturated rings. The fraction of sp³-hybridized carbons (Fsp3) is 0.353. The maximum absolute atomic E-state index is 12.6. The van der Waals surface area contributed by atoms with E-state index >= 15 is 0 Å². The average molecular weight is 284 g/mol. The number of aryl methyl sites for hydroxylation is 1. The maximum Gasteiger partial charge on any atom is 0.257 e. The Morgan fingerprint density at radius 3 is 2.81 bits per heavy atom. The lowest BCUT2D eigenvalue weighted by molar-refractivity contribution is 0.0633. The molecule has 2 aromatic rings. The largest absolute Gasteiger partial charge is 0.472 e. The van der Waals surface area contributed by atoms with Gasteiger partial charge in [-0.2, -0.15) is 0 Å². The summed E-state index contributed by atoms with van der Waals surface area (Å²) in [6.45, 7) is 4.47. The summed E-state index contributed by atoms with van der Waals surface area (Å²) in [7, 11) is 0. The van der Waals surface area contributed by atoms with E-state index in [1.54, 1.807) is 12.3 Å². The maximum atomic E-state index is 12.6. The van der Waals surface area contributed by atoms with Crippen LogP contribution in [0.3, 0.4) is 0 Å². The Morgan fingerprint density at radius 2 is 2.14 bits per heavy atom. The van der Waals surface area contributed by atoms with Gasteiger partial charge in [-0.3, -0.25) is 4.79 Å². The minimum Gasteiger partial charge on any atom is -0.472 e. The Morgan fingerprint density at radius 1 is 1.33 bits per heavy atom. The van der Waals surface area contributed by atoms with Crippen LogP contribution in [0.1, 0.15) is 34.5 Å². The molecule has 21 heavy (non-hydrogen) atoms. The van der Waals surface area contributed by atoms with Gasteiger partial charge in [0.1, 0.15) is 6.26 Å². The van der Waals surface area contributed by atoms with Crippen LogP contribution in [-0.2, 0) is 6.42 Å². The second kappa shape index (κ2) is 6.14. The predicted octanol–water partition coefficient (Wildman–Crippen LogP) is 2.63. The molecular formula is C17H20N2O2. The normalized spacial score (nSPS) is 18.7. The van der Waals surface area contributed by atoms with Crippen LogP contribution >= 0.6 is 0 Å². The van der Waals surface area contributed by atoms with Gasteiger partial charge in [0.25, 0.3) is 5.91 Å². The molecule has 4 nitrogen and oxygen atoms in total. The number of nitrogens with zero attached hydrogens (tertiary/aromatic N) is 1. The molecule has 1 aliphatic rings. The standard InChI is InChI=1S/C17H20N2O2/c1-2-13-3-5-14(6-4-13)16-11-18-8-9-19(16)17(20)15-7-10-21-12-15/h3-7,10,12,16,18H,2,8-9,11H2,1H3. The van der Waals surface area contributed by atoms with Gasteiger partial charge in [-0.05, 0) is 23.6 Å². The van der Waals surface area contributed by atoms with E-state index in [4.69, 9.17) is 4.42 Å². The summed E-state index contributed by atoms with van der Waals surface area (Å²) in [5, 5.41) is 3.37. The summed E-state index contributed by atoms with van der Waals surface area (Å²) in [6, 6.07) is 10.3. The van der Waals surface area contributed by atoms with Crippen molar-refractivity contribution in [2.24, 2.45) is 0 Å². The summed E-state index contributed by atoms with van der Waals surface area (Å²) in [5.41, 5.74) is 3.11. The molecule has 1 amide bonds. The van der Waals surface area contributed by atoms with Crippen molar-refractivity contribution < 1.29 is 9.21 Å². The van der Waals surface area contributed by atoms with Gasteiger partial charge >= 0.3 is 0 Å². The fourth-order valence-electron chi connectivity index (χ4n) is 2.77. The first-order valence-corrected chi connectivity index (χ1v) is 7.42. The highest BCUT2D eigenvalue weighted by molar-refractivity contribution is 5.94. The van der Waals surface area contributed by atoms with Crippen molar-refractivity contribution >= 4 is 5.91 Å². The predicted molar refractivity (Wildman–Crippen MR) is 81.2 cm³/mol. The molecule has 1 saturated heterocycles. The number of carbonyl (C=O) groups excluding carboxylic acids is 1. The minimum absolute atomic E-state index is 0.0369. The molecule has 0 saturated carbocycles. The summed E-state index contributed by atoms with van der Waals surface area (Å²) < 4.78 is 5.03. The van der Waals surface area contributed by atoms with E-state index in [1.807, 2.05) is 4.90 Å². The molecule has 2 heterocycles. The van der Waals surface area contributed by atoms with Crippen LogP contribution in [0, 0.1) is 0 Å². The number of hydrogen-bond acceptors (Lipinski definition) is 3. The van der Waals surface area contributed by atoms with Gasteiger partial charge in [0.2, 0.25) is 0 Å². The minimum atomic E-state index is 0.0369. The molecule has 1 N–H and O–H groups in total.